The molecule has 0 aliphatic heterocycles. The van der Waals surface area contributed by atoms with E-state index in [0.717, 1.165) is 0 Å². The largest absolute Gasteiger partial charge is 0.497 e. The van der Waals surface area contributed by atoms with Gasteiger partial charge in [0.2, 0.25) is 0 Å². The maximum Gasteiger partial charge on any atom is 0.263 e. The van der Waals surface area contributed by atoms with Crippen LogP contribution >= 0.6 is 0 Å². The van der Waals surface area contributed by atoms with E-state index in [2.05, 4.69) is 20.1 Å². The third-order valence-corrected chi connectivity index (χ3v) is 4.25. The number of anilines is 1. The van der Waals surface area contributed by atoms with E-state index in [1.165, 1.54) is 13.3 Å². The van der Waals surface area contributed by atoms with Crippen molar-refractivity contribution >= 4 is 15.8 Å². The molecule has 0 saturated heterocycles. The topological polar surface area (TPSA) is 97.0 Å². The van der Waals surface area contributed by atoms with Crippen LogP contribution in [0.2, 0.25) is 0 Å². The molecule has 7 nitrogen and oxygen atoms in total. The summed E-state index contributed by atoms with van der Waals surface area (Å²) in [5.74, 6) is 0.769. The fourth-order valence-corrected chi connectivity index (χ4v) is 3.33. The molecule has 0 aliphatic rings. The summed E-state index contributed by atoms with van der Waals surface area (Å²) in [7, 11) is -2.16. The van der Waals surface area contributed by atoms with Gasteiger partial charge in [0.15, 0.2) is 5.82 Å². The highest BCUT2D eigenvalue weighted by molar-refractivity contribution is 7.92. The van der Waals surface area contributed by atoms with Gasteiger partial charge in [-0.05, 0) is 37.1 Å². The molecular weight excluding hydrogens is 268 g/mol. The lowest BCUT2D eigenvalue weighted by atomic mass is 10.1. The maximum absolute atomic E-state index is 12.3. The molecule has 2 aromatic rings. The summed E-state index contributed by atoms with van der Waals surface area (Å²) in [6.45, 7) is 3.43. The monoisotopic (exact) mass is 282 g/mol. The fraction of sp³-hybridized carbons (Fsp3) is 0.273. The standard InChI is InChI=1S/C11H14N4O3S/c1-7-4-9(18-3)5-8(2)11(7)19(16,17)14-10-6-12-15-13-10/h4-6H,1-3H3,(H2,12,13,14,15). The van der Waals surface area contributed by atoms with E-state index in [9.17, 15) is 8.42 Å². The number of aryl methyl sites for hydroxylation is 2. The second-order valence-corrected chi connectivity index (χ2v) is 5.67. The summed E-state index contributed by atoms with van der Waals surface area (Å²) in [5.41, 5.74) is 1.21. The summed E-state index contributed by atoms with van der Waals surface area (Å²) in [6, 6.07) is 3.34. The predicted molar refractivity (Wildman–Crippen MR) is 69.7 cm³/mol. The highest BCUT2D eigenvalue weighted by atomic mass is 32.2. The van der Waals surface area contributed by atoms with E-state index in [1.807, 2.05) is 0 Å². The van der Waals surface area contributed by atoms with E-state index >= 15 is 0 Å². The minimum absolute atomic E-state index is 0.148. The van der Waals surface area contributed by atoms with E-state index in [0.29, 0.717) is 16.9 Å². The molecule has 2 N–H and O–H groups in total. The Hall–Kier alpha value is -2.09. The minimum Gasteiger partial charge on any atom is -0.497 e. The Morgan fingerprint density at radius 2 is 1.89 bits per heavy atom. The molecule has 0 bridgehead atoms. The van der Waals surface area contributed by atoms with Crippen LogP contribution in [0.25, 0.3) is 0 Å². The number of aromatic nitrogens is 3. The van der Waals surface area contributed by atoms with Gasteiger partial charge in [-0.3, -0.25) is 4.72 Å². The van der Waals surface area contributed by atoms with Gasteiger partial charge >= 0.3 is 0 Å². The van der Waals surface area contributed by atoms with Gasteiger partial charge in [-0.1, -0.05) is 0 Å². The number of hydrogen-bond donors (Lipinski definition) is 2. The molecule has 1 heterocycles. The smallest absolute Gasteiger partial charge is 0.263 e. The lowest BCUT2D eigenvalue weighted by molar-refractivity contribution is 0.413. The van der Waals surface area contributed by atoms with Crippen molar-refractivity contribution in [2.45, 2.75) is 18.7 Å². The number of rotatable bonds is 4. The summed E-state index contributed by atoms with van der Waals surface area (Å²) in [6.07, 6.45) is 1.30. The summed E-state index contributed by atoms with van der Waals surface area (Å²) >= 11 is 0. The highest BCUT2D eigenvalue weighted by Crippen LogP contribution is 2.26. The molecule has 102 valence electrons. The number of aromatic amines is 1. The van der Waals surface area contributed by atoms with Crippen LogP contribution in [-0.4, -0.2) is 30.9 Å². The number of methoxy groups -OCH3 is 1. The second kappa shape index (κ2) is 4.88. The van der Waals surface area contributed by atoms with Crippen molar-refractivity contribution in [3.63, 3.8) is 0 Å². The third-order valence-electron chi connectivity index (χ3n) is 2.59. The zero-order valence-electron chi connectivity index (χ0n) is 10.8. The number of ether oxygens (including phenoxy) is 1. The first-order valence-electron chi connectivity index (χ1n) is 5.48. The van der Waals surface area contributed by atoms with Gasteiger partial charge in [-0.2, -0.15) is 10.3 Å². The zero-order chi connectivity index (χ0) is 14.0. The van der Waals surface area contributed by atoms with Crippen molar-refractivity contribution in [1.82, 2.24) is 15.4 Å². The van der Waals surface area contributed by atoms with E-state index in [1.54, 1.807) is 26.0 Å². The lowest BCUT2D eigenvalue weighted by Gasteiger charge is -2.12. The van der Waals surface area contributed by atoms with Crippen LogP contribution in [0, 0.1) is 13.8 Å². The fourth-order valence-electron chi connectivity index (χ4n) is 1.89. The van der Waals surface area contributed by atoms with Gasteiger partial charge in [-0.15, -0.1) is 5.10 Å². The molecule has 0 amide bonds. The minimum atomic E-state index is -3.70. The molecule has 0 unspecified atom stereocenters. The van der Waals surface area contributed by atoms with Gasteiger partial charge in [0.05, 0.1) is 18.2 Å². The molecule has 0 saturated carbocycles. The molecule has 0 atom stereocenters. The molecule has 1 aromatic heterocycles. The number of hydrogen-bond acceptors (Lipinski definition) is 5. The number of benzene rings is 1. The van der Waals surface area contributed by atoms with Gasteiger partial charge in [-0.25, -0.2) is 8.42 Å². The summed E-state index contributed by atoms with van der Waals surface area (Å²) < 4.78 is 32.1. The Kier molecular flexibility index (Phi) is 3.43. The van der Waals surface area contributed by atoms with Crippen molar-refractivity contribution in [1.29, 1.82) is 0 Å². The van der Waals surface area contributed by atoms with Crippen LogP contribution in [0.3, 0.4) is 0 Å². The molecule has 8 heteroatoms. The Labute approximate surface area is 111 Å². The highest BCUT2D eigenvalue weighted by Gasteiger charge is 2.21. The molecule has 2 rings (SSSR count). The van der Waals surface area contributed by atoms with Crippen LogP contribution in [0.4, 0.5) is 5.82 Å². The zero-order valence-corrected chi connectivity index (χ0v) is 11.6. The predicted octanol–water partition coefficient (Wildman–Crippen LogP) is 1.23. The van der Waals surface area contributed by atoms with E-state index in [-0.39, 0.29) is 10.7 Å². The Bertz CT molecular complexity index is 657. The number of H-pyrrole nitrogens is 1. The van der Waals surface area contributed by atoms with Gasteiger partial charge in [0.25, 0.3) is 10.0 Å². The number of nitrogens with zero attached hydrogens (tertiary/aromatic N) is 2. The Balaban J connectivity index is 2.46. The van der Waals surface area contributed by atoms with Crippen molar-refractivity contribution < 1.29 is 13.2 Å². The van der Waals surface area contributed by atoms with E-state index < -0.39 is 10.0 Å². The van der Waals surface area contributed by atoms with Crippen molar-refractivity contribution in [3.05, 3.63) is 29.5 Å². The quantitative estimate of drug-likeness (QED) is 0.879. The van der Waals surface area contributed by atoms with Crippen LogP contribution in [-0.2, 0) is 10.0 Å². The van der Waals surface area contributed by atoms with Crippen LogP contribution in [0.15, 0.2) is 23.2 Å². The van der Waals surface area contributed by atoms with Gasteiger partial charge < -0.3 is 4.74 Å². The van der Waals surface area contributed by atoms with Crippen molar-refractivity contribution in [2.24, 2.45) is 0 Å². The first-order valence-corrected chi connectivity index (χ1v) is 6.96. The van der Waals surface area contributed by atoms with Gasteiger partial charge in [0, 0.05) is 0 Å². The first-order chi connectivity index (χ1) is 8.94. The molecule has 0 spiro atoms. The van der Waals surface area contributed by atoms with Gasteiger partial charge in [0.1, 0.15) is 5.75 Å². The van der Waals surface area contributed by atoms with Crippen molar-refractivity contribution in [2.75, 3.05) is 11.8 Å². The average Bonchev–Trinajstić information content (AvgIpc) is 2.79. The molecule has 0 radical (unpaired) electrons. The average molecular weight is 282 g/mol. The molecule has 0 fully saturated rings. The number of sulfonamides is 1. The number of nitrogens with one attached hydrogen (secondary N) is 2. The molecule has 1 aromatic carbocycles. The van der Waals surface area contributed by atoms with Crippen LogP contribution < -0.4 is 9.46 Å². The van der Waals surface area contributed by atoms with Crippen molar-refractivity contribution in [3.8, 4) is 5.75 Å². The normalized spacial score (nSPS) is 11.3. The molecule has 19 heavy (non-hydrogen) atoms. The molecule has 0 aliphatic carbocycles. The lowest BCUT2D eigenvalue weighted by Crippen LogP contribution is -2.16. The summed E-state index contributed by atoms with van der Waals surface area (Å²) in [5, 5.41) is 9.56. The first kappa shape index (κ1) is 13.3. The third kappa shape index (κ3) is 2.68. The van der Waals surface area contributed by atoms with Crippen LogP contribution in [0.5, 0.6) is 5.75 Å². The molecular formula is C11H14N4O3S. The van der Waals surface area contributed by atoms with E-state index in [4.69, 9.17) is 4.74 Å². The Morgan fingerprint density at radius 3 is 2.37 bits per heavy atom. The maximum atomic E-state index is 12.3. The summed E-state index contributed by atoms with van der Waals surface area (Å²) in [4.78, 5) is 0.219. The second-order valence-electron chi connectivity index (χ2n) is 4.05. The van der Waals surface area contributed by atoms with Crippen LogP contribution in [0.1, 0.15) is 11.1 Å². The Morgan fingerprint density at radius 1 is 1.26 bits per heavy atom. The SMILES string of the molecule is COc1cc(C)c(S(=O)(=O)Nc2cn[nH]n2)c(C)c1.